The summed E-state index contributed by atoms with van der Waals surface area (Å²) >= 11 is 0. The lowest BCUT2D eigenvalue weighted by molar-refractivity contribution is -0.123. The van der Waals surface area contributed by atoms with Gasteiger partial charge in [-0.3, -0.25) is 4.79 Å². The van der Waals surface area contributed by atoms with Gasteiger partial charge in [0, 0.05) is 6.61 Å². The van der Waals surface area contributed by atoms with Crippen molar-refractivity contribution in [2.75, 3.05) is 6.61 Å². The monoisotopic (exact) mass is 158 g/mol. The fourth-order valence-corrected chi connectivity index (χ4v) is 1.56. The first-order chi connectivity index (χ1) is 5.08. The van der Waals surface area contributed by atoms with Gasteiger partial charge in [-0.15, -0.1) is 0 Å². The maximum atomic E-state index is 10.8. The highest BCUT2D eigenvalue weighted by Crippen LogP contribution is 2.31. The van der Waals surface area contributed by atoms with Crippen LogP contribution in [0.3, 0.4) is 0 Å². The molecule has 4 nitrogen and oxygen atoms in total. The first kappa shape index (κ1) is 8.49. The largest absolute Gasteiger partial charge is 0.396 e. The molecule has 11 heavy (non-hydrogen) atoms. The molecule has 1 rings (SSSR count). The minimum atomic E-state index is -0.854. The number of aliphatic hydroxyl groups is 1. The zero-order chi connectivity index (χ0) is 8.48. The van der Waals surface area contributed by atoms with Gasteiger partial charge in [-0.05, 0) is 25.2 Å². The maximum absolute atomic E-state index is 10.8. The van der Waals surface area contributed by atoms with Crippen LogP contribution in [-0.4, -0.2) is 23.2 Å². The van der Waals surface area contributed by atoms with Gasteiger partial charge >= 0.3 is 0 Å². The molecule has 1 aliphatic carbocycles. The first-order valence-electron chi connectivity index (χ1n) is 3.78. The molecule has 0 spiro atoms. The Bertz CT molecular complexity index is 172. The van der Waals surface area contributed by atoms with Crippen LogP contribution >= 0.6 is 0 Å². The second-order valence-electron chi connectivity index (χ2n) is 3.31. The van der Waals surface area contributed by atoms with E-state index >= 15 is 0 Å². The molecule has 0 aromatic carbocycles. The van der Waals surface area contributed by atoms with E-state index in [-0.39, 0.29) is 12.5 Å². The van der Waals surface area contributed by atoms with E-state index in [4.69, 9.17) is 16.6 Å². The van der Waals surface area contributed by atoms with Crippen LogP contribution in [0.25, 0.3) is 0 Å². The number of hydrogen-bond donors (Lipinski definition) is 3. The van der Waals surface area contributed by atoms with Crippen LogP contribution in [0.1, 0.15) is 19.3 Å². The predicted octanol–water partition coefficient (Wildman–Crippen LogP) is -1.04. The van der Waals surface area contributed by atoms with Gasteiger partial charge in [0.2, 0.25) is 5.91 Å². The standard InChI is InChI=1S/C7H14N2O2/c8-6(11)7(9)2-1-5(3-7)4-10/h5,10H,1-4,9H2,(H2,8,11). The van der Waals surface area contributed by atoms with Gasteiger partial charge in [-0.2, -0.15) is 0 Å². The van der Waals surface area contributed by atoms with Crippen LogP contribution in [-0.2, 0) is 4.79 Å². The Morgan fingerprint density at radius 3 is 2.64 bits per heavy atom. The molecule has 2 unspecified atom stereocenters. The molecule has 0 aliphatic heterocycles. The average molecular weight is 158 g/mol. The van der Waals surface area contributed by atoms with Crippen molar-refractivity contribution >= 4 is 5.91 Å². The molecule has 0 saturated heterocycles. The van der Waals surface area contributed by atoms with E-state index in [9.17, 15) is 4.79 Å². The Hall–Kier alpha value is -0.610. The van der Waals surface area contributed by atoms with E-state index in [0.717, 1.165) is 6.42 Å². The van der Waals surface area contributed by atoms with E-state index in [1.54, 1.807) is 0 Å². The number of aliphatic hydroxyl groups excluding tert-OH is 1. The van der Waals surface area contributed by atoms with Crippen molar-refractivity contribution in [2.45, 2.75) is 24.8 Å². The lowest BCUT2D eigenvalue weighted by Gasteiger charge is -2.18. The second kappa shape index (κ2) is 2.79. The molecular formula is C7H14N2O2. The Balaban J connectivity index is 2.57. The van der Waals surface area contributed by atoms with Gasteiger partial charge < -0.3 is 16.6 Å². The Morgan fingerprint density at radius 1 is 1.73 bits per heavy atom. The van der Waals surface area contributed by atoms with Crippen LogP contribution in [0, 0.1) is 5.92 Å². The Kier molecular flexibility index (Phi) is 2.15. The molecule has 0 aromatic rings. The highest BCUT2D eigenvalue weighted by atomic mass is 16.3. The SMILES string of the molecule is NC(=O)C1(N)CCC(CO)C1. The lowest BCUT2D eigenvalue weighted by atomic mass is 9.97. The quantitative estimate of drug-likeness (QED) is 0.479. The number of hydrogen-bond acceptors (Lipinski definition) is 3. The summed E-state index contributed by atoms with van der Waals surface area (Å²) in [6.45, 7) is 0.103. The molecule has 0 bridgehead atoms. The second-order valence-corrected chi connectivity index (χ2v) is 3.31. The molecule has 64 valence electrons. The van der Waals surface area contributed by atoms with Crippen LogP contribution in [0.15, 0.2) is 0 Å². The third kappa shape index (κ3) is 1.52. The summed E-state index contributed by atoms with van der Waals surface area (Å²) in [6, 6.07) is 0. The fraction of sp³-hybridized carbons (Fsp3) is 0.857. The summed E-state index contributed by atoms with van der Waals surface area (Å²) in [5.74, 6) is -0.291. The molecule has 1 fully saturated rings. The predicted molar refractivity (Wildman–Crippen MR) is 40.5 cm³/mol. The van der Waals surface area contributed by atoms with Crippen molar-refractivity contribution in [3.05, 3.63) is 0 Å². The zero-order valence-corrected chi connectivity index (χ0v) is 6.42. The molecule has 0 heterocycles. The lowest BCUT2D eigenvalue weighted by Crippen LogP contribution is -2.49. The van der Waals surface area contributed by atoms with Crippen LogP contribution < -0.4 is 11.5 Å². The van der Waals surface area contributed by atoms with E-state index in [1.807, 2.05) is 0 Å². The number of rotatable bonds is 2. The number of carbonyl (C=O) groups excluding carboxylic acids is 1. The summed E-state index contributed by atoms with van der Waals surface area (Å²) in [4.78, 5) is 10.8. The summed E-state index contributed by atoms with van der Waals surface area (Å²) in [5, 5.41) is 8.77. The maximum Gasteiger partial charge on any atom is 0.237 e. The summed E-state index contributed by atoms with van der Waals surface area (Å²) in [6.07, 6.45) is 1.93. The fourth-order valence-electron chi connectivity index (χ4n) is 1.56. The van der Waals surface area contributed by atoms with Gasteiger partial charge in [0.15, 0.2) is 0 Å². The van der Waals surface area contributed by atoms with Crippen LogP contribution in [0.4, 0.5) is 0 Å². The van der Waals surface area contributed by atoms with E-state index in [2.05, 4.69) is 0 Å². The van der Waals surface area contributed by atoms with Crippen molar-refractivity contribution in [1.82, 2.24) is 0 Å². The molecule has 1 saturated carbocycles. The van der Waals surface area contributed by atoms with E-state index in [0.29, 0.717) is 12.8 Å². The summed E-state index contributed by atoms with van der Waals surface area (Å²) in [5.41, 5.74) is 9.93. The van der Waals surface area contributed by atoms with Gasteiger partial charge in [0.25, 0.3) is 0 Å². The molecule has 2 atom stereocenters. The van der Waals surface area contributed by atoms with Gasteiger partial charge in [0.05, 0.1) is 5.54 Å². The molecule has 0 radical (unpaired) electrons. The van der Waals surface area contributed by atoms with Crippen molar-refractivity contribution < 1.29 is 9.90 Å². The minimum absolute atomic E-state index is 0.103. The normalized spacial score (nSPS) is 37.5. The smallest absolute Gasteiger partial charge is 0.237 e. The van der Waals surface area contributed by atoms with E-state index < -0.39 is 11.4 Å². The van der Waals surface area contributed by atoms with Crippen LogP contribution in [0.2, 0.25) is 0 Å². The molecule has 1 aliphatic rings. The topological polar surface area (TPSA) is 89.3 Å². The van der Waals surface area contributed by atoms with Gasteiger partial charge in [-0.1, -0.05) is 0 Å². The van der Waals surface area contributed by atoms with Crippen molar-refractivity contribution in [1.29, 1.82) is 0 Å². The van der Waals surface area contributed by atoms with Crippen LogP contribution in [0.5, 0.6) is 0 Å². The Labute approximate surface area is 65.6 Å². The number of carbonyl (C=O) groups is 1. The molecule has 0 aromatic heterocycles. The molecule has 4 heteroatoms. The van der Waals surface area contributed by atoms with Gasteiger partial charge in [-0.25, -0.2) is 0 Å². The number of amides is 1. The van der Waals surface area contributed by atoms with E-state index in [1.165, 1.54) is 0 Å². The first-order valence-corrected chi connectivity index (χ1v) is 3.78. The molecule has 1 amide bonds. The van der Waals surface area contributed by atoms with Crippen molar-refractivity contribution in [3.8, 4) is 0 Å². The molecular weight excluding hydrogens is 144 g/mol. The summed E-state index contributed by atoms with van der Waals surface area (Å²) < 4.78 is 0. The van der Waals surface area contributed by atoms with Crippen molar-refractivity contribution in [3.63, 3.8) is 0 Å². The number of primary amides is 1. The third-order valence-corrected chi connectivity index (χ3v) is 2.40. The average Bonchev–Trinajstić information content (AvgIpc) is 2.33. The van der Waals surface area contributed by atoms with Crippen molar-refractivity contribution in [2.24, 2.45) is 17.4 Å². The Morgan fingerprint density at radius 2 is 2.36 bits per heavy atom. The zero-order valence-electron chi connectivity index (χ0n) is 6.42. The van der Waals surface area contributed by atoms with Gasteiger partial charge in [0.1, 0.15) is 0 Å². The number of nitrogens with two attached hydrogens (primary N) is 2. The highest BCUT2D eigenvalue weighted by molar-refractivity contribution is 5.84. The summed E-state index contributed by atoms with van der Waals surface area (Å²) in [7, 11) is 0. The third-order valence-electron chi connectivity index (χ3n) is 2.40. The highest BCUT2D eigenvalue weighted by Gasteiger charge is 2.39. The molecule has 5 N–H and O–H groups in total. The minimum Gasteiger partial charge on any atom is -0.396 e.